The molecule has 1 aromatic carbocycles. The summed E-state index contributed by atoms with van der Waals surface area (Å²) in [5, 5.41) is 3.04. The van der Waals surface area contributed by atoms with E-state index >= 15 is 0 Å². The molecule has 1 N–H and O–H groups in total. The van der Waals surface area contributed by atoms with Gasteiger partial charge in [0.15, 0.2) is 0 Å². The molecule has 28 heavy (non-hydrogen) atoms. The van der Waals surface area contributed by atoms with Crippen LogP contribution < -0.4 is 5.32 Å². The van der Waals surface area contributed by atoms with E-state index < -0.39 is 30.3 Å². The maximum absolute atomic E-state index is 12.8. The van der Waals surface area contributed by atoms with Crippen molar-refractivity contribution in [1.82, 2.24) is 9.80 Å². The maximum Gasteiger partial charge on any atom is 0.334 e. The summed E-state index contributed by atoms with van der Waals surface area (Å²) in [4.78, 5) is 51.7. The summed E-state index contributed by atoms with van der Waals surface area (Å²) in [5.41, 5.74) is 0.454. The third-order valence-electron chi connectivity index (χ3n) is 6.31. The largest absolute Gasteiger partial charge is 0.334 e. The number of carbonyl (C=O) groups excluding carboxylic acids is 4. The van der Waals surface area contributed by atoms with Crippen molar-refractivity contribution in [3.05, 3.63) is 29.3 Å². The molecule has 1 aliphatic heterocycles. The molecule has 4 unspecified atom stereocenters. The quantitative estimate of drug-likeness (QED) is 0.605. The van der Waals surface area contributed by atoms with E-state index in [1.165, 1.54) is 6.42 Å². The zero-order valence-corrected chi connectivity index (χ0v) is 16.3. The Labute approximate surface area is 168 Å². The van der Waals surface area contributed by atoms with Crippen molar-refractivity contribution >= 4 is 41.0 Å². The first-order valence-electron chi connectivity index (χ1n) is 9.59. The minimum absolute atomic E-state index is 0.236. The Balaban J connectivity index is 1.44. The zero-order chi connectivity index (χ0) is 20.0. The molecule has 0 aromatic heterocycles. The molecular weight excluding hydrogens is 382 g/mol. The van der Waals surface area contributed by atoms with Crippen molar-refractivity contribution in [3.63, 3.8) is 0 Å². The van der Waals surface area contributed by atoms with Crippen LogP contribution in [0.15, 0.2) is 24.3 Å². The van der Waals surface area contributed by atoms with Gasteiger partial charge >= 0.3 is 17.8 Å². The van der Waals surface area contributed by atoms with E-state index in [0.29, 0.717) is 22.5 Å². The lowest BCUT2D eigenvalue weighted by Gasteiger charge is -2.32. The van der Waals surface area contributed by atoms with Crippen molar-refractivity contribution in [2.45, 2.75) is 38.6 Å². The van der Waals surface area contributed by atoms with Crippen molar-refractivity contribution < 1.29 is 19.2 Å². The second kappa shape index (κ2) is 7.20. The molecule has 3 fully saturated rings. The van der Waals surface area contributed by atoms with Crippen LogP contribution in [0, 0.1) is 17.8 Å². The van der Waals surface area contributed by atoms with Crippen molar-refractivity contribution in [2.75, 3.05) is 11.9 Å². The third-order valence-corrected chi connectivity index (χ3v) is 6.55. The molecule has 2 bridgehead atoms. The number of amides is 5. The van der Waals surface area contributed by atoms with Gasteiger partial charge in [0.1, 0.15) is 6.54 Å². The highest BCUT2D eigenvalue weighted by atomic mass is 35.5. The second-order valence-electron chi connectivity index (χ2n) is 7.99. The van der Waals surface area contributed by atoms with Crippen LogP contribution in [0.25, 0.3) is 0 Å². The van der Waals surface area contributed by atoms with Crippen LogP contribution in [0.5, 0.6) is 0 Å². The van der Waals surface area contributed by atoms with Crippen LogP contribution in [0.2, 0.25) is 5.02 Å². The van der Waals surface area contributed by atoms with E-state index in [-0.39, 0.29) is 12.0 Å². The number of anilines is 1. The Kier molecular flexibility index (Phi) is 4.87. The molecular formula is C20H22ClN3O4. The monoisotopic (exact) mass is 403 g/mol. The highest BCUT2D eigenvalue weighted by molar-refractivity contribution is 6.45. The van der Waals surface area contributed by atoms with Crippen molar-refractivity contribution in [2.24, 2.45) is 17.8 Å². The minimum atomic E-state index is -0.943. The summed E-state index contributed by atoms with van der Waals surface area (Å²) in [6.07, 6.45) is 4.47. The van der Waals surface area contributed by atoms with Gasteiger partial charge < -0.3 is 5.32 Å². The van der Waals surface area contributed by atoms with Gasteiger partial charge in [-0.05, 0) is 62.1 Å². The van der Waals surface area contributed by atoms with Crippen molar-refractivity contribution in [1.29, 1.82) is 0 Å². The number of nitrogens with one attached hydrogen (secondary N) is 1. The smallest absolute Gasteiger partial charge is 0.324 e. The van der Waals surface area contributed by atoms with E-state index in [1.54, 1.807) is 24.3 Å². The molecule has 0 radical (unpaired) electrons. The molecule has 2 saturated carbocycles. The first-order valence-corrected chi connectivity index (χ1v) is 9.97. The highest BCUT2D eigenvalue weighted by Gasteiger charge is 2.52. The van der Waals surface area contributed by atoms with Gasteiger partial charge in [-0.15, -0.1) is 0 Å². The Morgan fingerprint density at radius 2 is 2.00 bits per heavy atom. The summed E-state index contributed by atoms with van der Waals surface area (Å²) in [6.45, 7) is 1.33. The second-order valence-corrected chi connectivity index (χ2v) is 8.42. The number of halogens is 1. The molecule has 4 atom stereocenters. The van der Waals surface area contributed by atoms with Crippen LogP contribution in [0.3, 0.4) is 0 Å². The molecule has 8 heteroatoms. The summed E-state index contributed by atoms with van der Waals surface area (Å²) < 4.78 is 0. The predicted molar refractivity (Wildman–Crippen MR) is 102 cm³/mol. The Bertz CT molecular complexity index is 858. The Morgan fingerprint density at radius 3 is 2.64 bits per heavy atom. The molecule has 1 saturated heterocycles. The third kappa shape index (κ3) is 3.28. The van der Waals surface area contributed by atoms with Gasteiger partial charge in [0.25, 0.3) is 0 Å². The standard InChI is InChI=1S/C20H22ClN3O4/c1-11(16-8-12-5-6-13(16)7-12)24-19(27)18(26)23(20(24)28)10-17(25)22-15-4-2-3-14(21)9-15/h2-4,9,11-13,16H,5-8,10H2,1H3,(H,22,25). The number of carbonyl (C=O) groups is 4. The number of fused-ring (bicyclic) bond motifs is 2. The average molecular weight is 404 g/mol. The van der Waals surface area contributed by atoms with Crippen LogP contribution >= 0.6 is 11.6 Å². The van der Waals surface area contributed by atoms with E-state index in [1.807, 2.05) is 6.92 Å². The Morgan fingerprint density at radius 1 is 1.21 bits per heavy atom. The van der Waals surface area contributed by atoms with Gasteiger partial charge in [0.2, 0.25) is 5.91 Å². The SMILES string of the molecule is CC(C1CC2CCC1C2)N1C(=O)C(=O)N(CC(=O)Nc2cccc(Cl)c2)C1=O. The summed E-state index contributed by atoms with van der Waals surface area (Å²) in [5.74, 6) is -0.931. The number of benzene rings is 1. The molecule has 4 rings (SSSR count). The lowest BCUT2D eigenvalue weighted by molar-refractivity contribution is -0.144. The summed E-state index contributed by atoms with van der Waals surface area (Å²) in [6, 6.07) is 5.50. The number of nitrogens with zero attached hydrogens (tertiary/aromatic N) is 2. The van der Waals surface area contributed by atoms with Crippen LogP contribution in [0.4, 0.5) is 10.5 Å². The molecule has 0 spiro atoms. The van der Waals surface area contributed by atoms with E-state index in [9.17, 15) is 19.2 Å². The molecule has 5 amide bonds. The molecule has 148 valence electrons. The van der Waals surface area contributed by atoms with Gasteiger partial charge in [-0.25, -0.2) is 9.69 Å². The van der Waals surface area contributed by atoms with Gasteiger partial charge in [-0.1, -0.05) is 24.1 Å². The van der Waals surface area contributed by atoms with Crippen molar-refractivity contribution in [3.8, 4) is 0 Å². The lowest BCUT2D eigenvalue weighted by Crippen LogP contribution is -2.45. The number of rotatable bonds is 5. The number of imide groups is 2. The van der Waals surface area contributed by atoms with E-state index in [4.69, 9.17) is 11.6 Å². The molecule has 7 nitrogen and oxygen atoms in total. The fourth-order valence-corrected chi connectivity index (χ4v) is 5.20. The molecule has 1 aromatic rings. The minimum Gasteiger partial charge on any atom is -0.324 e. The van der Waals surface area contributed by atoms with Gasteiger partial charge in [0.05, 0.1) is 0 Å². The summed E-state index contributed by atoms with van der Waals surface area (Å²) >= 11 is 5.89. The molecule has 2 aliphatic carbocycles. The van der Waals surface area contributed by atoms with E-state index in [0.717, 1.165) is 29.1 Å². The predicted octanol–water partition coefficient (Wildman–Crippen LogP) is 2.89. The number of hydrogen-bond acceptors (Lipinski definition) is 4. The molecule has 3 aliphatic rings. The van der Waals surface area contributed by atoms with Gasteiger partial charge in [0, 0.05) is 16.8 Å². The maximum atomic E-state index is 12.8. The highest BCUT2D eigenvalue weighted by Crippen LogP contribution is 2.50. The fourth-order valence-electron chi connectivity index (χ4n) is 5.01. The number of urea groups is 1. The first-order chi connectivity index (χ1) is 13.3. The van der Waals surface area contributed by atoms with Gasteiger partial charge in [-0.2, -0.15) is 0 Å². The fraction of sp³-hybridized carbons (Fsp3) is 0.500. The van der Waals surface area contributed by atoms with Crippen LogP contribution in [-0.2, 0) is 14.4 Å². The Hall–Kier alpha value is -2.41. The topological polar surface area (TPSA) is 86.8 Å². The first kappa shape index (κ1) is 18.9. The van der Waals surface area contributed by atoms with Gasteiger partial charge in [-0.3, -0.25) is 19.3 Å². The normalized spacial score (nSPS) is 27.6. The zero-order valence-electron chi connectivity index (χ0n) is 15.6. The number of hydrogen-bond donors (Lipinski definition) is 1. The lowest BCUT2D eigenvalue weighted by atomic mass is 9.83. The average Bonchev–Trinajstić information content (AvgIpc) is 3.33. The van der Waals surface area contributed by atoms with Crippen LogP contribution in [-0.4, -0.2) is 46.1 Å². The summed E-state index contributed by atoms with van der Waals surface area (Å²) in [7, 11) is 0. The van der Waals surface area contributed by atoms with E-state index in [2.05, 4.69) is 5.32 Å². The van der Waals surface area contributed by atoms with Crippen LogP contribution in [0.1, 0.15) is 32.6 Å². The molecule has 1 heterocycles.